The number of nitrogens with zero attached hydrogens (tertiary/aromatic N) is 3. The summed E-state index contributed by atoms with van der Waals surface area (Å²) in [6.07, 6.45) is 6.34. The fraction of sp³-hybridized carbons (Fsp3) is 0.185. The first-order valence-electron chi connectivity index (χ1n) is 11.4. The van der Waals surface area contributed by atoms with Gasteiger partial charge in [-0.25, -0.2) is 14.2 Å². The van der Waals surface area contributed by atoms with Gasteiger partial charge in [-0.1, -0.05) is 59.1 Å². The van der Waals surface area contributed by atoms with Crippen molar-refractivity contribution in [1.82, 2.24) is 19.8 Å². The van der Waals surface area contributed by atoms with Gasteiger partial charge in [-0.2, -0.15) is 0 Å². The summed E-state index contributed by atoms with van der Waals surface area (Å²) in [5.41, 5.74) is 4.54. The van der Waals surface area contributed by atoms with Gasteiger partial charge in [0, 0.05) is 49.9 Å². The van der Waals surface area contributed by atoms with E-state index in [0.717, 1.165) is 46.4 Å². The van der Waals surface area contributed by atoms with Gasteiger partial charge in [0.1, 0.15) is 11.0 Å². The number of hydrogen-bond acceptors (Lipinski definition) is 3. The molecule has 0 bridgehead atoms. The lowest BCUT2D eigenvalue weighted by molar-refractivity contribution is 0.240. The normalized spacial score (nSPS) is 13.9. The summed E-state index contributed by atoms with van der Waals surface area (Å²) in [4.78, 5) is 19.6. The minimum absolute atomic E-state index is 0.239. The van der Waals surface area contributed by atoms with Crippen LogP contribution in [0, 0.1) is 5.82 Å². The van der Waals surface area contributed by atoms with E-state index >= 15 is 0 Å². The molecular formula is C27H22Cl3FN4O. The van der Waals surface area contributed by atoms with Crippen molar-refractivity contribution in [3.8, 4) is 0 Å². The molecule has 36 heavy (non-hydrogen) atoms. The summed E-state index contributed by atoms with van der Waals surface area (Å²) in [5, 5.41) is 5.11. The van der Waals surface area contributed by atoms with Gasteiger partial charge in [-0.05, 0) is 53.1 Å². The summed E-state index contributed by atoms with van der Waals surface area (Å²) in [7, 11) is 0. The molecule has 0 saturated heterocycles. The van der Waals surface area contributed by atoms with Gasteiger partial charge in [-0.3, -0.25) is 9.47 Å². The van der Waals surface area contributed by atoms with Crippen molar-refractivity contribution in [2.75, 3.05) is 13.1 Å². The van der Waals surface area contributed by atoms with Crippen molar-refractivity contribution in [3.05, 3.63) is 104 Å². The topological polar surface area (TPSA) is 50.2 Å². The summed E-state index contributed by atoms with van der Waals surface area (Å²) < 4.78 is 14.9. The number of aromatic nitrogens is 2. The average Bonchev–Trinajstić information content (AvgIpc) is 3.16. The Bertz CT molecular complexity index is 1470. The standard InChI is InChI=1S/C27H22Cl3FN4O/c28-22-13-20-21-16-34(10-1-2-17-3-5-19(31)6-4-17)11-8-24(21)35(25(20)14-23(22)29)27(36)33-15-18-7-9-32-26(30)12-18/h1-7,9,12-14H,8,10-11,15-16H2,(H,33,36). The van der Waals surface area contributed by atoms with E-state index < -0.39 is 0 Å². The Labute approximate surface area is 223 Å². The lowest BCUT2D eigenvalue weighted by Crippen LogP contribution is -2.34. The molecule has 1 aliphatic rings. The van der Waals surface area contributed by atoms with E-state index in [9.17, 15) is 9.18 Å². The van der Waals surface area contributed by atoms with Gasteiger partial charge >= 0.3 is 6.03 Å². The number of hydrogen-bond donors (Lipinski definition) is 1. The van der Waals surface area contributed by atoms with Crippen LogP contribution in [0.25, 0.3) is 17.0 Å². The molecule has 0 fully saturated rings. The van der Waals surface area contributed by atoms with Crippen LogP contribution in [-0.4, -0.2) is 33.6 Å². The van der Waals surface area contributed by atoms with Crippen molar-refractivity contribution in [3.63, 3.8) is 0 Å². The molecule has 1 amide bonds. The first kappa shape index (κ1) is 24.8. The Hall–Kier alpha value is -2.90. The molecule has 5 nitrogen and oxygen atoms in total. The van der Waals surface area contributed by atoms with Crippen LogP contribution in [0.5, 0.6) is 0 Å². The molecular weight excluding hydrogens is 522 g/mol. The van der Waals surface area contributed by atoms with Crippen LogP contribution in [0.3, 0.4) is 0 Å². The van der Waals surface area contributed by atoms with E-state index in [-0.39, 0.29) is 11.8 Å². The predicted molar refractivity (Wildman–Crippen MR) is 143 cm³/mol. The van der Waals surface area contributed by atoms with Gasteiger partial charge in [0.2, 0.25) is 0 Å². The van der Waals surface area contributed by atoms with Crippen molar-refractivity contribution in [1.29, 1.82) is 0 Å². The van der Waals surface area contributed by atoms with Crippen molar-refractivity contribution in [2.45, 2.75) is 19.5 Å². The summed E-state index contributed by atoms with van der Waals surface area (Å²) in [6, 6.07) is 13.3. The number of pyridine rings is 1. The average molecular weight is 544 g/mol. The number of amides is 1. The quantitative estimate of drug-likeness (QED) is 0.277. The molecule has 0 atom stereocenters. The molecule has 0 spiro atoms. The highest BCUT2D eigenvalue weighted by molar-refractivity contribution is 6.42. The molecule has 0 aliphatic carbocycles. The van der Waals surface area contributed by atoms with Gasteiger partial charge in [0.15, 0.2) is 0 Å². The molecule has 184 valence electrons. The third-order valence-corrected chi connectivity index (χ3v) is 7.18. The van der Waals surface area contributed by atoms with Gasteiger partial charge in [-0.15, -0.1) is 0 Å². The van der Waals surface area contributed by atoms with E-state index in [0.29, 0.717) is 34.7 Å². The highest BCUT2D eigenvalue weighted by Gasteiger charge is 2.27. The SMILES string of the molecule is O=C(NCc1ccnc(Cl)c1)n1c2c(c3cc(Cl)c(Cl)cc31)CN(CC=Cc1ccc(F)cc1)CC2. The minimum Gasteiger partial charge on any atom is -0.333 e. The van der Waals surface area contributed by atoms with Gasteiger partial charge in [0.05, 0.1) is 15.6 Å². The number of fused-ring (bicyclic) bond motifs is 3. The number of carbonyl (C=O) groups excluding carboxylic acids is 1. The first-order chi connectivity index (χ1) is 17.4. The Balaban J connectivity index is 1.40. The number of halogens is 4. The zero-order chi connectivity index (χ0) is 25.2. The van der Waals surface area contributed by atoms with Crippen molar-refractivity contribution >= 4 is 57.8 Å². The molecule has 2 aromatic carbocycles. The number of carbonyl (C=O) groups is 1. The molecule has 1 N–H and O–H groups in total. The first-order valence-corrected chi connectivity index (χ1v) is 12.6. The Morgan fingerprint density at radius 1 is 1.08 bits per heavy atom. The smallest absolute Gasteiger partial charge is 0.326 e. The summed E-state index contributed by atoms with van der Waals surface area (Å²) in [6.45, 7) is 2.49. The van der Waals surface area contributed by atoms with Crippen LogP contribution in [-0.2, 0) is 19.5 Å². The minimum atomic E-state index is -0.250. The monoisotopic (exact) mass is 542 g/mol. The fourth-order valence-electron chi connectivity index (χ4n) is 4.51. The highest BCUT2D eigenvalue weighted by Crippen LogP contribution is 2.36. The van der Waals surface area contributed by atoms with Crippen LogP contribution in [0.4, 0.5) is 9.18 Å². The molecule has 5 rings (SSSR count). The van der Waals surface area contributed by atoms with Gasteiger partial charge < -0.3 is 5.32 Å². The maximum Gasteiger partial charge on any atom is 0.326 e. The van der Waals surface area contributed by atoms with E-state index in [1.54, 1.807) is 35.0 Å². The highest BCUT2D eigenvalue weighted by atomic mass is 35.5. The lowest BCUT2D eigenvalue weighted by Gasteiger charge is -2.27. The lowest BCUT2D eigenvalue weighted by atomic mass is 10.0. The predicted octanol–water partition coefficient (Wildman–Crippen LogP) is 6.97. The molecule has 0 saturated carbocycles. The van der Waals surface area contributed by atoms with E-state index in [2.05, 4.69) is 21.3 Å². The zero-order valence-electron chi connectivity index (χ0n) is 19.1. The second-order valence-electron chi connectivity index (χ2n) is 8.63. The van der Waals surface area contributed by atoms with Crippen molar-refractivity contribution in [2.24, 2.45) is 0 Å². The molecule has 4 aromatic rings. The van der Waals surface area contributed by atoms with Crippen LogP contribution in [0.2, 0.25) is 15.2 Å². The van der Waals surface area contributed by atoms with E-state index in [4.69, 9.17) is 34.8 Å². The van der Waals surface area contributed by atoms with E-state index in [1.165, 1.54) is 12.1 Å². The van der Waals surface area contributed by atoms with Crippen LogP contribution in [0.1, 0.15) is 22.4 Å². The Kier molecular flexibility index (Phi) is 7.30. The Morgan fingerprint density at radius 3 is 2.64 bits per heavy atom. The maximum absolute atomic E-state index is 13.4. The largest absolute Gasteiger partial charge is 0.333 e. The molecule has 0 unspecified atom stereocenters. The van der Waals surface area contributed by atoms with Crippen LogP contribution >= 0.6 is 34.8 Å². The zero-order valence-corrected chi connectivity index (χ0v) is 21.4. The molecule has 0 radical (unpaired) electrons. The third-order valence-electron chi connectivity index (χ3n) is 6.25. The van der Waals surface area contributed by atoms with Gasteiger partial charge in [0.25, 0.3) is 0 Å². The van der Waals surface area contributed by atoms with Crippen LogP contribution in [0.15, 0.2) is 60.8 Å². The number of benzene rings is 2. The molecule has 3 heterocycles. The fourth-order valence-corrected chi connectivity index (χ4v) is 5.03. The molecule has 1 aliphatic heterocycles. The number of rotatable bonds is 5. The van der Waals surface area contributed by atoms with E-state index in [1.807, 2.05) is 18.2 Å². The number of nitrogens with one attached hydrogen (secondary N) is 1. The van der Waals surface area contributed by atoms with Crippen molar-refractivity contribution < 1.29 is 9.18 Å². The molecule has 2 aromatic heterocycles. The summed E-state index contributed by atoms with van der Waals surface area (Å²) >= 11 is 18.7. The molecule has 9 heteroatoms. The van der Waals surface area contributed by atoms with Crippen LogP contribution < -0.4 is 5.32 Å². The summed E-state index contributed by atoms with van der Waals surface area (Å²) in [5.74, 6) is -0.250. The Morgan fingerprint density at radius 2 is 1.86 bits per heavy atom. The second-order valence-corrected chi connectivity index (χ2v) is 9.83. The second kappa shape index (κ2) is 10.6. The maximum atomic E-state index is 13.4. The third kappa shape index (κ3) is 5.27.